The molecule has 0 bridgehead atoms. The molecular formula is C20H25N5O. The van der Waals surface area contributed by atoms with Crippen molar-refractivity contribution in [1.29, 1.82) is 0 Å². The normalized spacial score (nSPS) is 23.5. The summed E-state index contributed by atoms with van der Waals surface area (Å²) >= 11 is 0. The second-order valence-corrected chi connectivity index (χ2v) is 7.98. The van der Waals surface area contributed by atoms with Crippen molar-refractivity contribution >= 4 is 11.6 Å². The first-order chi connectivity index (χ1) is 12.8. The molecule has 0 radical (unpaired) electrons. The van der Waals surface area contributed by atoms with Crippen LogP contribution in [0.3, 0.4) is 0 Å². The number of rotatable bonds is 3. The summed E-state index contributed by atoms with van der Waals surface area (Å²) in [6.07, 6.45) is 6.70. The number of hydrogen-bond acceptors (Lipinski definition) is 4. The number of hydrogen-bond donors (Lipinski definition) is 2. The minimum Gasteiger partial charge on any atom is -0.326 e. The van der Waals surface area contributed by atoms with Crippen LogP contribution < -0.4 is 10.6 Å². The molecule has 3 aliphatic rings. The van der Waals surface area contributed by atoms with E-state index in [1.807, 2.05) is 24.3 Å². The number of amides is 1. The smallest absolute Gasteiger partial charge is 0.228 e. The molecule has 1 spiro atoms. The van der Waals surface area contributed by atoms with E-state index in [2.05, 4.69) is 25.4 Å². The number of benzene rings is 1. The van der Waals surface area contributed by atoms with E-state index < -0.39 is 0 Å². The molecule has 136 valence electrons. The molecule has 1 aromatic carbocycles. The number of aromatic nitrogens is 3. The molecule has 1 saturated carbocycles. The van der Waals surface area contributed by atoms with E-state index in [-0.39, 0.29) is 17.2 Å². The molecule has 1 atom stereocenters. The number of carbonyl (C=O) groups is 1. The summed E-state index contributed by atoms with van der Waals surface area (Å²) in [7, 11) is 0. The number of fused-ring (bicyclic) bond motifs is 1. The standard InChI is InChI=1S/C20H25N5O/c26-19(16-13-20(16)8-10-21-11-9-20)22-15-6-4-14(5-7-15)18-24-23-17-3-1-2-12-25(17)18/h4-7,16,21H,1-3,8-13H2,(H,22,26). The van der Waals surface area contributed by atoms with Crippen LogP contribution in [-0.2, 0) is 17.8 Å². The average Bonchev–Trinajstić information content (AvgIpc) is 3.20. The summed E-state index contributed by atoms with van der Waals surface area (Å²) in [5.74, 6) is 2.39. The molecule has 1 aromatic heterocycles. The third-order valence-electron chi connectivity index (χ3n) is 6.38. The van der Waals surface area contributed by atoms with Gasteiger partial charge in [-0.15, -0.1) is 10.2 Å². The van der Waals surface area contributed by atoms with Crippen molar-refractivity contribution in [3.8, 4) is 11.4 Å². The van der Waals surface area contributed by atoms with Crippen LogP contribution in [0.25, 0.3) is 11.4 Å². The number of nitrogens with zero attached hydrogens (tertiary/aromatic N) is 3. The Balaban J connectivity index is 1.27. The molecule has 2 fully saturated rings. The van der Waals surface area contributed by atoms with Gasteiger partial charge in [-0.2, -0.15) is 0 Å². The van der Waals surface area contributed by atoms with E-state index in [0.717, 1.165) is 68.2 Å². The number of aryl methyl sites for hydroxylation is 1. The van der Waals surface area contributed by atoms with Crippen LogP contribution in [0, 0.1) is 11.3 Å². The van der Waals surface area contributed by atoms with Crippen molar-refractivity contribution < 1.29 is 4.79 Å². The van der Waals surface area contributed by atoms with Gasteiger partial charge in [0.15, 0.2) is 5.82 Å². The van der Waals surface area contributed by atoms with Gasteiger partial charge in [0.25, 0.3) is 0 Å². The largest absolute Gasteiger partial charge is 0.326 e. The molecule has 26 heavy (non-hydrogen) atoms. The topological polar surface area (TPSA) is 71.8 Å². The molecule has 2 aliphatic heterocycles. The number of nitrogens with one attached hydrogen (secondary N) is 2. The number of carbonyl (C=O) groups excluding carboxylic acids is 1. The first-order valence-electron chi connectivity index (χ1n) is 9.79. The van der Waals surface area contributed by atoms with Gasteiger partial charge < -0.3 is 15.2 Å². The minimum atomic E-state index is 0.180. The molecule has 3 heterocycles. The first kappa shape index (κ1) is 16.0. The van der Waals surface area contributed by atoms with E-state index >= 15 is 0 Å². The first-order valence-corrected chi connectivity index (χ1v) is 9.79. The zero-order valence-corrected chi connectivity index (χ0v) is 15.0. The molecule has 2 N–H and O–H groups in total. The summed E-state index contributed by atoms with van der Waals surface area (Å²) < 4.78 is 2.22. The fraction of sp³-hybridized carbons (Fsp3) is 0.550. The van der Waals surface area contributed by atoms with Gasteiger partial charge in [0.2, 0.25) is 5.91 Å². The molecular weight excluding hydrogens is 326 g/mol. The summed E-state index contributed by atoms with van der Waals surface area (Å²) in [6, 6.07) is 8.04. The van der Waals surface area contributed by atoms with Crippen LogP contribution in [0.15, 0.2) is 24.3 Å². The van der Waals surface area contributed by atoms with Gasteiger partial charge in [0, 0.05) is 30.1 Å². The lowest BCUT2D eigenvalue weighted by Gasteiger charge is -2.23. The van der Waals surface area contributed by atoms with Gasteiger partial charge in [-0.25, -0.2) is 0 Å². The molecule has 1 saturated heterocycles. The fourth-order valence-electron chi connectivity index (χ4n) is 4.65. The van der Waals surface area contributed by atoms with Crippen LogP contribution in [0.4, 0.5) is 5.69 Å². The van der Waals surface area contributed by atoms with Gasteiger partial charge in [-0.1, -0.05) is 0 Å². The third-order valence-corrected chi connectivity index (χ3v) is 6.38. The van der Waals surface area contributed by atoms with Crippen molar-refractivity contribution in [2.24, 2.45) is 11.3 Å². The van der Waals surface area contributed by atoms with E-state index in [1.54, 1.807) is 0 Å². The Morgan fingerprint density at radius 2 is 1.96 bits per heavy atom. The van der Waals surface area contributed by atoms with Crippen molar-refractivity contribution in [1.82, 2.24) is 20.1 Å². The second-order valence-electron chi connectivity index (χ2n) is 7.98. The summed E-state index contributed by atoms with van der Waals surface area (Å²) in [6.45, 7) is 3.08. The van der Waals surface area contributed by atoms with Crippen LogP contribution in [0.1, 0.15) is 37.9 Å². The van der Waals surface area contributed by atoms with Gasteiger partial charge >= 0.3 is 0 Å². The van der Waals surface area contributed by atoms with E-state index in [1.165, 1.54) is 12.8 Å². The van der Waals surface area contributed by atoms with E-state index in [9.17, 15) is 4.79 Å². The number of piperidine rings is 1. The average molecular weight is 351 g/mol. The third kappa shape index (κ3) is 2.72. The molecule has 1 amide bonds. The SMILES string of the molecule is O=C(Nc1ccc(-c2nnc3n2CCCC3)cc1)C1CC12CCNCC2. The molecule has 1 aliphatic carbocycles. The Kier molecular flexibility index (Phi) is 3.81. The Hall–Kier alpha value is -2.21. The van der Waals surface area contributed by atoms with Gasteiger partial charge in [-0.05, 0) is 74.9 Å². The highest BCUT2D eigenvalue weighted by atomic mass is 16.2. The van der Waals surface area contributed by atoms with Crippen molar-refractivity contribution in [3.63, 3.8) is 0 Å². The Morgan fingerprint density at radius 1 is 1.15 bits per heavy atom. The van der Waals surface area contributed by atoms with E-state index in [0.29, 0.717) is 0 Å². The van der Waals surface area contributed by atoms with Gasteiger partial charge in [0.1, 0.15) is 5.82 Å². The zero-order valence-electron chi connectivity index (χ0n) is 15.0. The van der Waals surface area contributed by atoms with E-state index in [4.69, 9.17) is 0 Å². The molecule has 1 unspecified atom stereocenters. The van der Waals surface area contributed by atoms with Crippen LogP contribution >= 0.6 is 0 Å². The number of anilines is 1. The quantitative estimate of drug-likeness (QED) is 0.892. The maximum absolute atomic E-state index is 12.6. The van der Waals surface area contributed by atoms with Crippen molar-refractivity contribution in [3.05, 3.63) is 30.1 Å². The summed E-state index contributed by atoms with van der Waals surface area (Å²) in [5, 5.41) is 15.2. The summed E-state index contributed by atoms with van der Waals surface area (Å²) in [5.41, 5.74) is 2.20. The van der Waals surface area contributed by atoms with Gasteiger partial charge in [0.05, 0.1) is 0 Å². The molecule has 6 nitrogen and oxygen atoms in total. The fourth-order valence-corrected chi connectivity index (χ4v) is 4.65. The predicted octanol–water partition coefficient (Wildman–Crippen LogP) is 2.61. The zero-order chi connectivity index (χ0) is 17.6. The van der Waals surface area contributed by atoms with Gasteiger partial charge in [-0.3, -0.25) is 4.79 Å². The molecule has 2 aromatic rings. The minimum absolute atomic E-state index is 0.180. The highest BCUT2D eigenvalue weighted by Crippen LogP contribution is 2.58. The molecule has 5 rings (SSSR count). The van der Waals surface area contributed by atoms with Crippen molar-refractivity contribution in [2.75, 3.05) is 18.4 Å². The Bertz CT molecular complexity index is 819. The molecule has 6 heteroatoms. The lowest BCUT2D eigenvalue weighted by molar-refractivity contribution is -0.118. The monoisotopic (exact) mass is 351 g/mol. The Morgan fingerprint density at radius 3 is 2.77 bits per heavy atom. The van der Waals surface area contributed by atoms with Crippen molar-refractivity contribution in [2.45, 2.75) is 45.1 Å². The maximum atomic E-state index is 12.6. The maximum Gasteiger partial charge on any atom is 0.228 e. The van der Waals surface area contributed by atoms with Crippen LogP contribution in [-0.4, -0.2) is 33.8 Å². The summed E-state index contributed by atoms with van der Waals surface area (Å²) in [4.78, 5) is 12.6. The van der Waals surface area contributed by atoms with Crippen LogP contribution in [0.5, 0.6) is 0 Å². The van der Waals surface area contributed by atoms with Crippen LogP contribution in [0.2, 0.25) is 0 Å². The predicted molar refractivity (Wildman–Crippen MR) is 99.7 cm³/mol. The highest BCUT2D eigenvalue weighted by Gasteiger charge is 2.57. The lowest BCUT2D eigenvalue weighted by Crippen LogP contribution is -2.31. The second kappa shape index (κ2) is 6.20. The Labute approximate surface area is 153 Å². The highest BCUT2D eigenvalue weighted by molar-refractivity contribution is 5.95. The lowest BCUT2D eigenvalue weighted by atomic mass is 9.92.